The van der Waals surface area contributed by atoms with Gasteiger partial charge in [-0.05, 0) is 25.1 Å². The monoisotopic (exact) mass is 358 g/mol. The van der Waals surface area contributed by atoms with Gasteiger partial charge in [0, 0.05) is 10.9 Å². The number of hydrogen-bond acceptors (Lipinski definition) is 3. The van der Waals surface area contributed by atoms with Crippen LogP contribution in [0.5, 0.6) is 0 Å². The normalized spacial score (nSPS) is 10.6. The molecular formula is C18H12Cl2N2O2. The van der Waals surface area contributed by atoms with E-state index in [-0.39, 0.29) is 22.0 Å². The lowest BCUT2D eigenvalue weighted by molar-refractivity contribution is 0.102. The molecule has 3 aromatic rings. The van der Waals surface area contributed by atoms with Gasteiger partial charge in [-0.25, -0.2) is 0 Å². The SMILES string of the molecule is Cc1oc2c(NC(=O)c3c(Cl)cccc3Cl)cccc2c1CC#N. The van der Waals surface area contributed by atoms with Crippen LogP contribution >= 0.6 is 23.2 Å². The summed E-state index contributed by atoms with van der Waals surface area (Å²) in [5, 5.41) is 13.1. The first-order valence-electron chi connectivity index (χ1n) is 7.16. The van der Waals surface area contributed by atoms with Crippen LogP contribution in [0.25, 0.3) is 11.0 Å². The van der Waals surface area contributed by atoms with Gasteiger partial charge in [-0.3, -0.25) is 4.79 Å². The number of para-hydroxylation sites is 1. The number of carbonyl (C=O) groups is 1. The highest BCUT2D eigenvalue weighted by Crippen LogP contribution is 2.32. The molecule has 4 nitrogen and oxygen atoms in total. The molecule has 0 fully saturated rings. The maximum atomic E-state index is 12.5. The Labute approximate surface area is 148 Å². The van der Waals surface area contributed by atoms with E-state index in [9.17, 15) is 4.79 Å². The minimum atomic E-state index is -0.422. The van der Waals surface area contributed by atoms with Gasteiger partial charge in [0.15, 0.2) is 5.58 Å². The van der Waals surface area contributed by atoms with Crippen LogP contribution < -0.4 is 5.32 Å². The van der Waals surface area contributed by atoms with Crippen molar-refractivity contribution >= 4 is 45.8 Å². The molecule has 0 atom stereocenters. The molecule has 1 N–H and O–H groups in total. The van der Waals surface area contributed by atoms with Gasteiger partial charge in [0.1, 0.15) is 5.76 Å². The Hall–Kier alpha value is -2.48. The average Bonchev–Trinajstić information content (AvgIpc) is 2.85. The Morgan fingerprint density at radius 3 is 2.54 bits per heavy atom. The van der Waals surface area contributed by atoms with Crippen molar-refractivity contribution in [2.75, 3.05) is 5.32 Å². The number of nitrogens with one attached hydrogen (secondary N) is 1. The summed E-state index contributed by atoms with van der Waals surface area (Å²) in [5.74, 6) is 0.234. The molecule has 1 aromatic heterocycles. The Bertz CT molecular complexity index is 966. The number of carbonyl (C=O) groups excluding carboxylic acids is 1. The molecule has 1 heterocycles. The van der Waals surface area contributed by atoms with E-state index in [1.807, 2.05) is 6.07 Å². The highest BCUT2D eigenvalue weighted by Gasteiger charge is 2.18. The zero-order valence-electron chi connectivity index (χ0n) is 12.7. The number of anilines is 1. The molecule has 1 amide bonds. The first kappa shape index (κ1) is 16.4. The van der Waals surface area contributed by atoms with E-state index in [1.165, 1.54) is 0 Å². The van der Waals surface area contributed by atoms with Crippen molar-refractivity contribution < 1.29 is 9.21 Å². The summed E-state index contributed by atoms with van der Waals surface area (Å²) < 4.78 is 5.75. The molecule has 0 unspecified atom stereocenters. The number of fused-ring (bicyclic) bond motifs is 1. The Morgan fingerprint density at radius 1 is 1.21 bits per heavy atom. The van der Waals surface area contributed by atoms with Crippen molar-refractivity contribution in [3.63, 3.8) is 0 Å². The summed E-state index contributed by atoms with van der Waals surface area (Å²) in [7, 11) is 0. The summed E-state index contributed by atoms with van der Waals surface area (Å²) >= 11 is 12.1. The fourth-order valence-electron chi connectivity index (χ4n) is 2.59. The van der Waals surface area contributed by atoms with Gasteiger partial charge in [-0.1, -0.05) is 41.4 Å². The van der Waals surface area contributed by atoms with Crippen LogP contribution in [-0.2, 0) is 6.42 Å². The minimum Gasteiger partial charge on any atom is -0.459 e. The quantitative estimate of drug-likeness (QED) is 0.684. The number of halogens is 2. The van der Waals surface area contributed by atoms with Crippen LogP contribution in [0.15, 0.2) is 40.8 Å². The van der Waals surface area contributed by atoms with Gasteiger partial charge in [0.2, 0.25) is 0 Å². The summed E-state index contributed by atoms with van der Waals surface area (Å²) in [6.45, 7) is 1.79. The average molecular weight is 359 g/mol. The van der Waals surface area contributed by atoms with Gasteiger partial charge in [-0.2, -0.15) is 5.26 Å². The molecule has 120 valence electrons. The Morgan fingerprint density at radius 2 is 1.88 bits per heavy atom. The fourth-order valence-corrected chi connectivity index (χ4v) is 3.15. The van der Waals surface area contributed by atoms with Crippen molar-refractivity contribution in [3.05, 3.63) is 63.3 Å². The lowest BCUT2D eigenvalue weighted by Gasteiger charge is -2.08. The predicted molar refractivity (Wildman–Crippen MR) is 94.7 cm³/mol. The number of furan rings is 1. The zero-order valence-corrected chi connectivity index (χ0v) is 14.2. The van der Waals surface area contributed by atoms with Crippen LogP contribution in [0, 0.1) is 18.3 Å². The van der Waals surface area contributed by atoms with E-state index in [2.05, 4.69) is 11.4 Å². The van der Waals surface area contributed by atoms with Gasteiger partial charge in [0.05, 0.1) is 33.8 Å². The number of amides is 1. The van der Waals surface area contributed by atoms with Crippen molar-refractivity contribution in [1.82, 2.24) is 0 Å². The molecule has 0 saturated carbocycles. The lowest BCUT2D eigenvalue weighted by atomic mass is 10.1. The second kappa shape index (κ2) is 6.56. The lowest BCUT2D eigenvalue weighted by Crippen LogP contribution is -2.13. The standard InChI is InChI=1S/C18H12Cl2N2O2/c1-10-11(8-9-21)12-4-2-7-15(17(12)24-10)22-18(23)16-13(19)5-3-6-14(16)20/h2-7H,8H2,1H3,(H,22,23). The molecule has 0 bridgehead atoms. The van der Waals surface area contributed by atoms with Crippen LogP contribution in [-0.4, -0.2) is 5.91 Å². The van der Waals surface area contributed by atoms with Crippen molar-refractivity contribution in [3.8, 4) is 6.07 Å². The van der Waals surface area contributed by atoms with Crippen molar-refractivity contribution in [2.24, 2.45) is 0 Å². The van der Waals surface area contributed by atoms with E-state index >= 15 is 0 Å². The Balaban J connectivity index is 2.04. The minimum absolute atomic E-state index is 0.207. The second-order valence-electron chi connectivity index (χ2n) is 5.20. The second-order valence-corrected chi connectivity index (χ2v) is 6.02. The van der Waals surface area contributed by atoms with Gasteiger partial charge in [0.25, 0.3) is 5.91 Å². The topological polar surface area (TPSA) is 66.0 Å². The molecule has 0 saturated heterocycles. The van der Waals surface area contributed by atoms with E-state index in [4.69, 9.17) is 32.9 Å². The van der Waals surface area contributed by atoms with Crippen molar-refractivity contribution in [1.29, 1.82) is 5.26 Å². The summed E-state index contributed by atoms with van der Waals surface area (Å²) in [5.41, 5.74) is 2.05. The van der Waals surface area contributed by atoms with Crippen molar-refractivity contribution in [2.45, 2.75) is 13.3 Å². The van der Waals surface area contributed by atoms with Gasteiger partial charge in [-0.15, -0.1) is 0 Å². The number of nitrogens with zero attached hydrogens (tertiary/aromatic N) is 1. The third-order valence-electron chi connectivity index (χ3n) is 3.71. The summed E-state index contributed by atoms with van der Waals surface area (Å²) in [6, 6.07) is 12.4. The maximum Gasteiger partial charge on any atom is 0.258 e. The first-order chi connectivity index (χ1) is 11.5. The highest BCUT2D eigenvalue weighted by atomic mass is 35.5. The molecular weight excluding hydrogens is 347 g/mol. The van der Waals surface area contributed by atoms with E-state index in [0.717, 1.165) is 10.9 Å². The smallest absolute Gasteiger partial charge is 0.258 e. The third kappa shape index (κ3) is 2.84. The van der Waals surface area contributed by atoms with Crippen LogP contribution in [0.3, 0.4) is 0 Å². The maximum absolute atomic E-state index is 12.5. The highest BCUT2D eigenvalue weighted by molar-refractivity contribution is 6.40. The molecule has 3 rings (SSSR count). The Kier molecular flexibility index (Phi) is 4.48. The summed E-state index contributed by atoms with van der Waals surface area (Å²) in [4.78, 5) is 12.5. The first-order valence-corrected chi connectivity index (χ1v) is 7.92. The fraction of sp³-hybridized carbons (Fsp3) is 0.111. The van der Waals surface area contributed by atoms with E-state index in [0.29, 0.717) is 17.0 Å². The molecule has 0 aliphatic carbocycles. The third-order valence-corrected chi connectivity index (χ3v) is 4.34. The largest absolute Gasteiger partial charge is 0.459 e. The van der Waals surface area contributed by atoms with Crippen LogP contribution in [0.4, 0.5) is 5.69 Å². The molecule has 0 aliphatic heterocycles. The molecule has 0 aliphatic rings. The van der Waals surface area contributed by atoms with E-state index in [1.54, 1.807) is 37.3 Å². The summed E-state index contributed by atoms with van der Waals surface area (Å²) in [6.07, 6.45) is 0.243. The van der Waals surface area contributed by atoms with Gasteiger partial charge >= 0.3 is 0 Å². The zero-order chi connectivity index (χ0) is 17.3. The molecule has 0 radical (unpaired) electrons. The predicted octanol–water partition coefficient (Wildman–Crippen LogP) is 5.37. The molecule has 6 heteroatoms. The van der Waals surface area contributed by atoms with E-state index < -0.39 is 5.91 Å². The van der Waals surface area contributed by atoms with Crippen LogP contribution in [0.1, 0.15) is 21.7 Å². The number of benzene rings is 2. The number of hydrogen-bond donors (Lipinski definition) is 1. The molecule has 2 aromatic carbocycles. The number of nitriles is 1. The molecule has 24 heavy (non-hydrogen) atoms. The number of aryl methyl sites for hydroxylation is 1. The number of rotatable bonds is 3. The van der Waals surface area contributed by atoms with Gasteiger partial charge < -0.3 is 9.73 Å². The molecule has 0 spiro atoms. The van der Waals surface area contributed by atoms with Crippen LogP contribution in [0.2, 0.25) is 10.0 Å².